The first-order chi connectivity index (χ1) is 13.1. The fourth-order valence-electron chi connectivity index (χ4n) is 3.58. The quantitative estimate of drug-likeness (QED) is 0.466. The zero-order valence-electron chi connectivity index (χ0n) is 15.6. The first-order valence-electron chi connectivity index (χ1n) is 9.72. The van der Waals surface area contributed by atoms with Crippen LogP contribution in [-0.2, 0) is 4.74 Å². The molecule has 2 aliphatic rings. The van der Waals surface area contributed by atoms with Gasteiger partial charge in [0.2, 0.25) is 0 Å². The number of ether oxygens (including phenoxy) is 1. The highest BCUT2D eigenvalue weighted by Gasteiger charge is 2.22. The Bertz CT molecular complexity index is 711. The van der Waals surface area contributed by atoms with Crippen LogP contribution in [0.3, 0.4) is 0 Å². The van der Waals surface area contributed by atoms with E-state index in [4.69, 9.17) is 4.74 Å². The molecule has 0 atom stereocenters. The summed E-state index contributed by atoms with van der Waals surface area (Å²) in [4.78, 5) is 25.3. The second-order valence-electron chi connectivity index (χ2n) is 7.03. The van der Waals surface area contributed by atoms with Gasteiger partial charge in [0.15, 0.2) is 0 Å². The smallest absolute Gasteiger partial charge is 0.293 e. The van der Waals surface area contributed by atoms with Crippen LogP contribution < -0.4 is 5.32 Å². The average Bonchev–Trinajstić information content (AvgIpc) is 2.97. The number of nitro benzene ring substituents is 1. The number of nitrogens with one attached hydrogen (secondary N) is 1. The lowest BCUT2D eigenvalue weighted by molar-refractivity contribution is -0.384. The van der Waals surface area contributed by atoms with Crippen LogP contribution in [0.5, 0.6) is 0 Å². The second kappa shape index (κ2) is 9.50. The van der Waals surface area contributed by atoms with Crippen LogP contribution in [0.4, 0.5) is 11.4 Å². The summed E-state index contributed by atoms with van der Waals surface area (Å²) in [6.45, 7) is 2.69. The van der Waals surface area contributed by atoms with E-state index in [0.717, 1.165) is 19.3 Å². The van der Waals surface area contributed by atoms with Crippen molar-refractivity contribution < 1.29 is 14.5 Å². The monoisotopic (exact) mass is 373 g/mol. The van der Waals surface area contributed by atoms with Crippen molar-refractivity contribution in [1.29, 1.82) is 0 Å². The van der Waals surface area contributed by atoms with Crippen LogP contribution in [0, 0.1) is 10.1 Å². The molecule has 0 unspecified atom stereocenters. The topological polar surface area (TPSA) is 84.7 Å². The third-order valence-corrected chi connectivity index (χ3v) is 5.14. The van der Waals surface area contributed by atoms with Gasteiger partial charge >= 0.3 is 0 Å². The van der Waals surface area contributed by atoms with Gasteiger partial charge in [0, 0.05) is 31.3 Å². The van der Waals surface area contributed by atoms with E-state index >= 15 is 0 Å². The zero-order chi connectivity index (χ0) is 19.1. The van der Waals surface area contributed by atoms with Gasteiger partial charge in [-0.3, -0.25) is 14.9 Å². The van der Waals surface area contributed by atoms with Crippen molar-refractivity contribution in [2.75, 3.05) is 38.2 Å². The highest BCUT2D eigenvalue weighted by atomic mass is 16.6. The molecule has 146 valence electrons. The molecule has 1 N–H and O–H groups in total. The van der Waals surface area contributed by atoms with Crippen molar-refractivity contribution in [1.82, 2.24) is 4.90 Å². The highest BCUT2D eigenvalue weighted by molar-refractivity contribution is 5.95. The number of morpholine rings is 1. The number of hydrogen-bond donors (Lipinski definition) is 1. The van der Waals surface area contributed by atoms with Gasteiger partial charge in [-0.25, -0.2) is 0 Å². The number of carbonyl (C=O) groups is 1. The number of nitrogens with zero attached hydrogens (tertiary/aromatic N) is 2. The predicted octanol–water partition coefficient (Wildman–Crippen LogP) is 3.76. The Kier molecular flexibility index (Phi) is 6.81. The molecule has 1 fully saturated rings. The van der Waals surface area contributed by atoms with Gasteiger partial charge in [0.05, 0.1) is 18.1 Å². The summed E-state index contributed by atoms with van der Waals surface area (Å²) in [5.41, 5.74) is 2.19. The standard InChI is InChI=1S/C20H27N3O4/c24-20(22-11-13-27-14-12-22)17-7-8-18(19(15-17)23(25)26)21-10-9-16-5-3-1-2-4-6-16/h5,7-8,15,21H,1-4,6,9-14H2. The number of anilines is 1. The molecule has 1 heterocycles. The van der Waals surface area contributed by atoms with Crippen molar-refractivity contribution in [3.05, 3.63) is 45.5 Å². The molecule has 1 aliphatic carbocycles. The van der Waals surface area contributed by atoms with Gasteiger partial charge < -0.3 is 15.0 Å². The molecule has 1 aromatic rings. The van der Waals surface area contributed by atoms with Gasteiger partial charge in [-0.2, -0.15) is 0 Å². The molecule has 7 heteroatoms. The summed E-state index contributed by atoms with van der Waals surface area (Å²) >= 11 is 0. The Morgan fingerprint density at radius 2 is 2.04 bits per heavy atom. The minimum Gasteiger partial charge on any atom is -0.379 e. The third-order valence-electron chi connectivity index (χ3n) is 5.14. The molecule has 0 saturated carbocycles. The maximum absolute atomic E-state index is 12.6. The van der Waals surface area contributed by atoms with Crippen LogP contribution in [0.2, 0.25) is 0 Å². The van der Waals surface area contributed by atoms with Crippen molar-refractivity contribution >= 4 is 17.3 Å². The van der Waals surface area contributed by atoms with E-state index in [0.29, 0.717) is 44.1 Å². The van der Waals surface area contributed by atoms with Crippen LogP contribution in [0.1, 0.15) is 48.9 Å². The van der Waals surface area contributed by atoms with Gasteiger partial charge in [-0.15, -0.1) is 0 Å². The average molecular weight is 373 g/mol. The molecule has 1 aromatic carbocycles. The molecule has 27 heavy (non-hydrogen) atoms. The fourth-order valence-corrected chi connectivity index (χ4v) is 3.58. The third kappa shape index (κ3) is 5.29. The number of allylic oxidation sites excluding steroid dienone is 1. The molecule has 1 amide bonds. The molecular formula is C20H27N3O4. The summed E-state index contributed by atoms with van der Waals surface area (Å²) in [5.74, 6) is -0.184. The van der Waals surface area contributed by atoms with E-state index in [-0.39, 0.29) is 11.6 Å². The van der Waals surface area contributed by atoms with E-state index in [2.05, 4.69) is 11.4 Å². The SMILES string of the molecule is O=C(c1ccc(NCCC2=CCCCCC2)c([N+](=O)[O-])c1)N1CCOCC1. The van der Waals surface area contributed by atoms with Gasteiger partial charge in [0.25, 0.3) is 11.6 Å². The molecule has 1 saturated heterocycles. The Morgan fingerprint density at radius 1 is 1.22 bits per heavy atom. The Balaban J connectivity index is 1.65. The maximum atomic E-state index is 12.6. The Morgan fingerprint density at radius 3 is 2.81 bits per heavy atom. The van der Waals surface area contributed by atoms with Crippen LogP contribution in [0.15, 0.2) is 29.8 Å². The van der Waals surface area contributed by atoms with E-state index in [1.165, 1.54) is 30.9 Å². The minimum absolute atomic E-state index is 0.0519. The number of carbonyl (C=O) groups excluding carboxylic acids is 1. The summed E-state index contributed by atoms with van der Waals surface area (Å²) in [5, 5.41) is 14.7. The minimum atomic E-state index is -0.427. The van der Waals surface area contributed by atoms with Crippen molar-refractivity contribution in [3.8, 4) is 0 Å². The highest BCUT2D eigenvalue weighted by Crippen LogP contribution is 2.27. The van der Waals surface area contributed by atoms with Gasteiger partial charge in [-0.1, -0.05) is 18.1 Å². The zero-order valence-corrected chi connectivity index (χ0v) is 15.6. The summed E-state index contributed by atoms with van der Waals surface area (Å²) < 4.78 is 5.25. The first kappa shape index (κ1) is 19.4. The van der Waals surface area contributed by atoms with Crippen LogP contribution in [-0.4, -0.2) is 48.6 Å². The van der Waals surface area contributed by atoms with Gasteiger partial charge in [-0.05, 0) is 44.2 Å². The van der Waals surface area contributed by atoms with Crippen molar-refractivity contribution in [2.24, 2.45) is 0 Å². The molecule has 0 spiro atoms. The maximum Gasteiger partial charge on any atom is 0.293 e. The largest absolute Gasteiger partial charge is 0.379 e. The lowest BCUT2D eigenvalue weighted by Crippen LogP contribution is -2.40. The van der Waals surface area contributed by atoms with E-state index in [1.54, 1.807) is 17.0 Å². The lowest BCUT2D eigenvalue weighted by Gasteiger charge is -2.26. The van der Waals surface area contributed by atoms with Gasteiger partial charge in [0.1, 0.15) is 5.69 Å². The molecule has 0 aromatic heterocycles. The Hall–Kier alpha value is -2.41. The number of hydrogen-bond acceptors (Lipinski definition) is 5. The number of nitro groups is 1. The predicted molar refractivity (Wildman–Crippen MR) is 104 cm³/mol. The Labute approximate surface area is 159 Å². The molecule has 3 rings (SSSR count). The van der Waals surface area contributed by atoms with E-state index < -0.39 is 4.92 Å². The normalized spacial score (nSPS) is 17.8. The second-order valence-corrected chi connectivity index (χ2v) is 7.03. The van der Waals surface area contributed by atoms with Crippen LogP contribution >= 0.6 is 0 Å². The number of rotatable bonds is 6. The molecule has 7 nitrogen and oxygen atoms in total. The molecule has 1 aliphatic heterocycles. The molecule has 0 radical (unpaired) electrons. The van der Waals surface area contributed by atoms with E-state index in [1.807, 2.05) is 0 Å². The van der Waals surface area contributed by atoms with Crippen molar-refractivity contribution in [2.45, 2.75) is 38.5 Å². The molecular weight excluding hydrogens is 346 g/mol. The number of amides is 1. The molecule has 0 bridgehead atoms. The van der Waals surface area contributed by atoms with Crippen LogP contribution in [0.25, 0.3) is 0 Å². The van der Waals surface area contributed by atoms with Crippen molar-refractivity contribution in [3.63, 3.8) is 0 Å². The van der Waals surface area contributed by atoms with E-state index in [9.17, 15) is 14.9 Å². The summed E-state index contributed by atoms with van der Waals surface area (Å²) in [6, 6.07) is 4.69. The fraction of sp³-hybridized carbons (Fsp3) is 0.550. The first-order valence-corrected chi connectivity index (χ1v) is 9.72. The summed E-state index contributed by atoms with van der Waals surface area (Å²) in [7, 11) is 0. The summed E-state index contributed by atoms with van der Waals surface area (Å²) in [6.07, 6.45) is 9.21. The number of benzene rings is 1. The lowest BCUT2D eigenvalue weighted by atomic mass is 10.1.